The van der Waals surface area contributed by atoms with Crippen molar-refractivity contribution in [3.05, 3.63) is 18.2 Å². The molecule has 1 heterocycles. The first kappa shape index (κ1) is 31.1. The van der Waals surface area contributed by atoms with Crippen LogP contribution < -0.4 is 123 Å². The van der Waals surface area contributed by atoms with Crippen molar-refractivity contribution in [1.29, 1.82) is 0 Å². The van der Waals surface area contributed by atoms with E-state index in [1.807, 2.05) is 5.32 Å². The first-order chi connectivity index (χ1) is 11.2. The van der Waals surface area contributed by atoms with E-state index in [0.29, 0.717) is 30.1 Å². The molecule has 0 spiro atoms. The van der Waals surface area contributed by atoms with Crippen LogP contribution >= 0.6 is 15.2 Å². The molecule has 0 amide bonds. The van der Waals surface area contributed by atoms with E-state index in [1.165, 1.54) is 0 Å². The first-order valence-electron chi connectivity index (χ1n) is 6.99. The van der Waals surface area contributed by atoms with Gasteiger partial charge in [-0.25, -0.2) is 0 Å². The van der Waals surface area contributed by atoms with E-state index in [2.05, 4.69) is 0 Å². The van der Waals surface area contributed by atoms with Crippen molar-refractivity contribution in [2.45, 2.75) is 18.4 Å². The molecule has 0 radical (unpaired) electrons. The van der Waals surface area contributed by atoms with Gasteiger partial charge in [-0.2, -0.15) is 0 Å². The first-order valence-corrected chi connectivity index (χ1v) is 10.2. The van der Waals surface area contributed by atoms with Crippen molar-refractivity contribution in [2.75, 3.05) is 19.9 Å². The molecule has 0 aromatic heterocycles. The zero-order chi connectivity index (χ0) is 17.8. The van der Waals surface area contributed by atoms with Crippen LogP contribution in [0, 0.1) is 0 Å². The van der Waals surface area contributed by atoms with Crippen LogP contribution in [0.4, 0.5) is 0 Å². The number of nitrogens with one attached hydrogen (secondary N) is 1. The number of ether oxygens (including phenoxy) is 3. The third kappa shape index (κ3) is 10.6. The quantitative estimate of drug-likeness (QED) is 0.210. The molecule has 2 N–H and O–H groups in total. The molecule has 0 bridgehead atoms. The van der Waals surface area contributed by atoms with Crippen molar-refractivity contribution >= 4 is 15.2 Å². The normalized spacial score (nSPS) is 15.4. The van der Waals surface area contributed by atoms with Gasteiger partial charge in [-0.3, -0.25) is 0 Å². The van der Waals surface area contributed by atoms with Crippen molar-refractivity contribution in [2.24, 2.45) is 0 Å². The molecule has 0 fully saturated rings. The van der Waals surface area contributed by atoms with Gasteiger partial charge in [0.25, 0.3) is 0 Å². The molecule has 0 saturated carbocycles. The van der Waals surface area contributed by atoms with Gasteiger partial charge in [-0.1, -0.05) is 0 Å². The molecule has 1 aliphatic rings. The molecular weight excluding hydrogens is 433 g/mol. The summed E-state index contributed by atoms with van der Waals surface area (Å²) >= 11 is 0. The molecule has 1 aliphatic heterocycles. The summed E-state index contributed by atoms with van der Waals surface area (Å²) in [7, 11) is -10.8. The summed E-state index contributed by atoms with van der Waals surface area (Å²) in [6.07, 6.45) is 0.797. The number of unbranched alkanes of at least 4 members (excludes halogenated alkanes) is 1. The van der Waals surface area contributed by atoms with Gasteiger partial charge in [0.05, 0.1) is 12.1 Å². The van der Waals surface area contributed by atoms with Crippen molar-refractivity contribution in [1.82, 2.24) is 5.32 Å². The molecule has 2 unspecified atom stereocenters. The van der Waals surface area contributed by atoms with Gasteiger partial charge in [0, 0.05) is 6.07 Å². The Morgan fingerprint density at radius 3 is 2.33 bits per heavy atom. The number of benzene rings is 1. The van der Waals surface area contributed by atoms with E-state index in [1.54, 1.807) is 18.2 Å². The van der Waals surface area contributed by atoms with E-state index in [-0.39, 0.29) is 109 Å². The molecule has 0 saturated heterocycles. The van der Waals surface area contributed by atoms with Gasteiger partial charge < -0.3 is 48.2 Å². The maximum atomic E-state index is 10.9. The minimum absolute atomic E-state index is 0. The Morgan fingerprint density at radius 1 is 1.11 bits per heavy atom. The standard InChI is InChI=1S/C12H19NO9P2.3Na/c14-23(15,16)12(24(17,18)19)13-5-1-2-6-20-9-3-4-10-11(7-9)22-8-21-10;;;/h3-4,7,12-13H,1-2,5-6,8H2,(H2,14,15,16)(H2,17,18,19);;;/q;3*+1/p-3. The summed E-state index contributed by atoms with van der Waals surface area (Å²) in [6.45, 7) is 0.353. The van der Waals surface area contributed by atoms with Gasteiger partial charge in [0.2, 0.25) is 6.79 Å². The molecule has 1 aromatic rings. The van der Waals surface area contributed by atoms with Crippen LogP contribution in [0.15, 0.2) is 18.2 Å². The molecule has 0 aliphatic carbocycles. The van der Waals surface area contributed by atoms with Crippen molar-refractivity contribution in [3.63, 3.8) is 0 Å². The maximum Gasteiger partial charge on any atom is 1.00 e. The molecular formula is C12H16NNa3O9P2. The minimum Gasteiger partial charge on any atom is -0.809 e. The van der Waals surface area contributed by atoms with E-state index in [4.69, 9.17) is 19.1 Å². The van der Waals surface area contributed by atoms with Crippen LogP contribution in [0.3, 0.4) is 0 Å². The van der Waals surface area contributed by atoms with Crippen LogP contribution in [0.1, 0.15) is 12.8 Å². The van der Waals surface area contributed by atoms with Gasteiger partial charge in [-0.05, 0) is 39.1 Å². The maximum absolute atomic E-state index is 10.9. The Balaban J connectivity index is 0. The van der Waals surface area contributed by atoms with E-state index in [9.17, 15) is 23.8 Å². The monoisotopic (exact) mass is 449 g/mol. The molecule has 2 atom stereocenters. The van der Waals surface area contributed by atoms with Gasteiger partial charge in [0.1, 0.15) is 5.75 Å². The molecule has 1 aromatic carbocycles. The number of fused-ring (bicyclic) bond motifs is 1. The van der Waals surface area contributed by atoms with E-state index in [0.717, 1.165) is 0 Å². The average Bonchev–Trinajstić information content (AvgIpc) is 2.91. The van der Waals surface area contributed by atoms with Crippen LogP contribution in [0.25, 0.3) is 0 Å². The van der Waals surface area contributed by atoms with Crippen molar-refractivity contribution < 1.29 is 132 Å². The summed E-state index contributed by atoms with van der Waals surface area (Å²) in [5.74, 6) is 1.77. The van der Waals surface area contributed by atoms with Gasteiger partial charge in [0.15, 0.2) is 19.1 Å². The van der Waals surface area contributed by atoms with Crippen LogP contribution in [-0.2, 0) is 9.13 Å². The Bertz CT molecular complexity index is 648. The fraction of sp³-hybridized carbons (Fsp3) is 0.500. The topological polar surface area (TPSA) is 163 Å². The Kier molecular flexibility index (Phi) is 16.2. The third-order valence-electron chi connectivity index (χ3n) is 3.12. The zero-order valence-electron chi connectivity index (χ0n) is 15.5. The second-order valence-corrected chi connectivity index (χ2v) is 8.65. The molecule has 15 heteroatoms. The second-order valence-electron chi connectivity index (χ2n) is 5.00. The smallest absolute Gasteiger partial charge is 0.809 e. The SMILES string of the molecule is O=P([O-])([O-])C(NCCCCOc1ccc2c(c1)OCO2)P(=O)([O-])O.[Na+].[Na+].[Na+]. The number of hydrogen-bond donors (Lipinski definition) is 2. The van der Waals surface area contributed by atoms with Gasteiger partial charge >= 0.3 is 88.7 Å². The van der Waals surface area contributed by atoms with Crippen LogP contribution in [0.5, 0.6) is 17.2 Å². The minimum atomic E-state index is -5.50. The summed E-state index contributed by atoms with van der Waals surface area (Å²) in [4.78, 5) is 41.3. The molecule has 136 valence electrons. The van der Waals surface area contributed by atoms with Gasteiger partial charge in [-0.15, -0.1) is 0 Å². The van der Waals surface area contributed by atoms with Crippen LogP contribution in [-0.4, -0.2) is 30.4 Å². The number of hydrogen-bond acceptors (Lipinski definition) is 9. The summed E-state index contributed by atoms with van der Waals surface area (Å²) < 4.78 is 37.5. The fourth-order valence-corrected chi connectivity index (χ4v) is 4.16. The molecule has 2 rings (SSSR count). The second kappa shape index (κ2) is 14.0. The van der Waals surface area contributed by atoms with Crippen molar-refractivity contribution in [3.8, 4) is 17.2 Å². The predicted octanol–water partition coefficient (Wildman–Crippen LogP) is -10.1. The largest absolute Gasteiger partial charge is 1.00 e. The summed E-state index contributed by atoms with van der Waals surface area (Å²) in [5.41, 5.74) is -2.51. The van der Waals surface area contributed by atoms with E-state index < -0.39 is 20.7 Å². The Hall–Kier alpha value is 1.88. The average molecular weight is 449 g/mol. The Labute approximate surface area is 223 Å². The van der Waals surface area contributed by atoms with Crippen LogP contribution in [0.2, 0.25) is 0 Å². The molecule has 10 nitrogen and oxygen atoms in total. The molecule has 27 heavy (non-hydrogen) atoms. The summed E-state index contributed by atoms with van der Waals surface area (Å²) in [6, 6.07) is 5.07. The fourth-order valence-electron chi connectivity index (χ4n) is 2.02. The zero-order valence-corrected chi connectivity index (χ0v) is 23.2. The summed E-state index contributed by atoms with van der Waals surface area (Å²) in [5, 5.41) is 2.03. The Morgan fingerprint density at radius 2 is 1.74 bits per heavy atom. The number of rotatable bonds is 9. The third-order valence-corrected chi connectivity index (χ3v) is 6.43. The van der Waals surface area contributed by atoms with E-state index >= 15 is 0 Å². The predicted molar refractivity (Wildman–Crippen MR) is 76.5 cm³/mol.